The molecular weight excluding hydrogens is 322 g/mol. The first kappa shape index (κ1) is 16.4. The van der Waals surface area contributed by atoms with Crippen LogP contribution < -0.4 is 10.5 Å². The Morgan fingerprint density at radius 1 is 1.16 bits per heavy atom. The average molecular weight is 337 g/mol. The van der Waals surface area contributed by atoms with Crippen LogP contribution in [0.1, 0.15) is 21.5 Å². The Morgan fingerprint density at radius 2 is 1.92 bits per heavy atom. The highest BCUT2D eigenvalue weighted by atomic mass is 16.6. The molecule has 0 unspecified atom stereocenters. The number of aryl methyl sites for hydroxylation is 2. The van der Waals surface area contributed by atoms with Gasteiger partial charge >= 0.3 is 0 Å². The SMILES string of the molecule is Cc1cc2nccc(Oc3ccc([N+](=O)[O-])c(C)c3)c2cc1C(N)=O. The van der Waals surface area contributed by atoms with Gasteiger partial charge in [-0.05, 0) is 49.7 Å². The van der Waals surface area contributed by atoms with E-state index in [1.54, 1.807) is 44.3 Å². The third kappa shape index (κ3) is 3.12. The summed E-state index contributed by atoms with van der Waals surface area (Å²) in [6, 6.07) is 9.59. The van der Waals surface area contributed by atoms with E-state index >= 15 is 0 Å². The van der Waals surface area contributed by atoms with Gasteiger partial charge in [-0.2, -0.15) is 0 Å². The zero-order chi connectivity index (χ0) is 18.1. The number of benzene rings is 2. The molecule has 0 bridgehead atoms. The highest BCUT2D eigenvalue weighted by Gasteiger charge is 2.14. The second-order valence-electron chi connectivity index (χ2n) is 5.67. The number of nitro benzene ring substituents is 1. The smallest absolute Gasteiger partial charge is 0.272 e. The number of hydrogen-bond acceptors (Lipinski definition) is 5. The summed E-state index contributed by atoms with van der Waals surface area (Å²) in [6.45, 7) is 3.43. The molecule has 1 aromatic heterocycles. The van der Waals surface area contributed by atoms with Crippen LogP contribution in [0.25, 0.3) is 10.9 Å². The van der Waals surface area contributed by atoms with Gasteiger partial charge in [-0.3, -0.25) is 19.9 Å². The average Bonchev–Trinajstić information content (AvgIpc) is 2.54. The molecule has 0 saturated heterocycles. The molecule has 1 heterocycles. The summed E-state index contributed by atoms with van der Waals surface area (Å²) < 4.78 is 5.87. The van der Waals surface area contributed by atoms with E-state index in [4.69, 9.17) is 10.5 Å². The van der Waals surface area contributed by atoms with Crippen LogP contribution in [-0.2, 0) is 0 Å². The van der Waals surface area contributed by atoms with Gasteiger partial charge in [0, 0.05) is 28.8 Å². The van der Waals surface area contributed by atoms with Crippen molar-refractivity contribution in [1.29, 1.82) is 0 Å². The topological polar surface area (TPSA) is 108 Å². The van der Waals surface area contributed by atoms with Crippen molar-refractivity contribution >= 4 is 22.5 Å². The van der Waals surface area contributed by atoms with Crippen LogP contribution >= 0.6 is 0 Å². The summed E-state index contributed by atoms with van der Waals surface area (Å²) in [5, 5.41) is 11.5. The molecule has 0 atom stereocenters. The molecule has 7 heteroatoms. The second kappa shape index (κ2) is 6.20. The van der Waals surface area contributed by atoms with Gasteiger partial charge in [0.25, 0.3) is 5.69 Å². The van der Waals surface area contributed by atoms with Gasteiger partial charge in [-0.25, -0.2) is 0 Å². The lowest BCUT2D eigenvalue weighted by Gasteiger charge is -2.11. The molecule has 2 N–H and O–H groups in total. The number of nitrogens with zero attached hydrogens (tertiary/aromatic N) is 2. The van der Waals surface area contributed by atoms with E-state index in [-0.39, 0.29) is 5.69 Å². The summed E-state index contributed by atoms with van der Waals surface area (Å²) >= 11 is 0. The first-order valence-corrected chi connectivity index (χ1v) is 7.49. The fraction of sp³-hybridized carbons (Fsp3) is 0.111. The van der Waals surface area contributed by atoms with E-state index in [2.05, 4.69) is 4.98 Å². The van der Waals surface area contributed by atoms with Crippen molar-refractivity contribution in [1.82, 2.24) is 4.98 Å². The van der Waals surface area contributed by atoms with E-state index in [9.17, 15) is 14.9 Å². The van der Waals surface area contributed by atoms with Crippen molar-refractivity contribution in [3.05, 3.63) is 69.4 Å². The summed E-state index contributed by atoms with van der Waals surface area (Å²) in [6.07, 6.45) is 1.60. The van der Waals surface area contributed by atoms with E-state index in [1.165, 1.54) is 12.1 Å². The van der Waals surface area contributed by atoms with E-state index in [0.29, 0.717) is 33.5 Å². The minimum atomic E-state index is -0.527. The Bertz CT molecular complexity index is 1010. The predicted octanol–water partition coefficient (Wildman–Crippen LogP) is 3.65. The van der Waals surface area contributed by atoms with E-state index in [1.807, 2.05) is 0 Å². The van der Waals surface area contributed by atoms with Crippen LogP contribution in [0.2, 0.25) is 0 Å². The Balaban J connectivity index is 2.07. The number of pyridine rings is 1. The van der Waals surface area contributed by atoms with Gasteiger partial charge in [0.1, 0.15) is 11.5 Å². The van der Waals surface area contributed by atoms with Crippen LogP contribution in [-0.4, -0.2) is 15.8 Å². The number of rotatable bonds is 4. The van der Waals surface area contributed by atoms with Gasteiger partial charge < -0.3 is 10.5 Å². The molecule has 0 aliphatic carbocycles. The third-order valence-electron chi connectivity index (χ3n) is 3.91. The normalized spacial score (nSPS) is 10.6. The third-order valence-corrected chi connectivity index (χ3v) is 3.91. The monoisotopic (exact) mass is 337 g/mol. The number of nitrogens with two attached hydrogens (primary N) is 1. The number of primary amides is 1. The largest absolute Gasteiger partial charge is 0.457 e. The zero-order valence-electron chi connectivity index (χ0n) is 13.6. The first-order chi connectivity index (χ1) is 11.9. The molecule has 0 aliphatic rings. The maximum Gasteiger partial charge on any atom is 0.272 e. The summed E-state index contributed by atoms with van der Waals surface area (Å²) in [7, 11) is 0. The van der Waals surface area contributed by atoms with Gasteiger partial charge in [-0.1, -0.05) is 0 Å². The molecule has 0 saturated carbocycles. The molecule has 3 aromatic rings. The number of ether oxygens (including phenoxy) is 1. The van der Waals surface area contributed by atoms with Gasteiger partial charge in [0.2, 0.25) is 5.91 Å². The molecule has 0 spiro atoms. The number of amides is 1. The van der Waals surface area contributed by atoms with Crippen molar-refractivity contribution in [3.63, 3.8) is 0 Å². The van der Waals surface area contributed by atoms with Crippen molar-refractivity contribution < 1.29 is 14.5 Å². The number of hydrogen-bond donors (Lipinski definition) is 1. The van der Waals surface area contributed by atoms with Crippen LogP contribution in [0.3, 0.4) is 0 Å². The Hall–Kier alpha value is -3.48. The van der Waals surface area contributed by atoms with Crippen molar-refractivity contribution in [2.75, 3.05) is 0 Å². The molecule has 0 radical (unpaired) electrons. The van der Waals surface area contributed by atoms with E-state index in [0.717, 1.165) is 5.56 Å². The lowest BCUT2D eigenvalue weighted by atomic mass is 10.0. The first-order valence-electron chi connectivity index (χ1n) is 7.49. The second-order valence-corrected chi connectivity index (χ2v) is 5.67. The number of fused-ring (bicyclic) bond motifs is 1. The lowest BCUT2D eigenvalue weighted by Crippen LogP contribution is -2.12. The van der Waals surface area contributed by atoms with Crippen molar-refractivity contribution in [3.8, 4) is 11.5 Å². The number of carbonyl (C=O) groups is 1. The molecule has 2 aromatic carbocycles. The quantitative estimate of drug-likeness (QED) is 0.577. The van der Waals surface area contributed by atoms with Gasteiger partial charge in [0.15, 0.2) is 0 Å². The molecule has 25 heavy (non-hydrogen) atoms. The summed E-state index contributed by atoms with van der Waals surface area (Å²) in [4.78, 5) is 26.3. The number of carbonyl (C=O) groups excluding carboxylic acids is 1. The van der Waals surface area contributed by atoms with Crippen LogP contribution in [0, 0.1) is 24.0 Å². The molecule has 3 rings (SSSR count). The van der Waals surface area contributed by atoms with E-state index < -0.39 is 10.8 Å². The lowest BCUT2D eigenvalue weighted by molar-refractivity contribution is -0.385. The molecular formula is C18H15N3O4. The highest BCUT2D eigenvalue weighted by molar-refractivity contribution is 5.99. The minimum Gasteiger partial charge on any atom is -0.457 e. The van der Waals surface area contributed by atoms with Crippen LogP contribution in [0.4, 0.5) is 5.69 Å². The molecule has 0 fully saturated rings. The zero-order valence-corrected chi connectivity index (χ0v) is 13.6. The van der Waals surface area contributed by atoms with Crippen LogP contribution in [0.5, 0.6) is 11.5 Å². The van der Waals surface area contributed by atoms with Crippen molar-refractivity contribution in [2.24, 2.45) is 5.73 Å². The maximum absolute atomic E-state index is 11.6. The molecule has 0 aliphatic heterocycles. The van der Waals surface area contributed by atoms with Crippen LogP contribution in [0.15, 0.2) is 42.6 Å². The van der Waals surface area contributed by atoms with Gasteiger partial charge in [0.05, 0.1) is 10.4 Å². The maximum atomic E-state index is 11.6. The Morgan fingerprint density at radius 3 is 2.56 bits per heavy atom. The Labute approximate surface area is 143 Å². The predicted molar refractivity (Wildman–Crippen MR) is 92.9 cm³/mol. The highest BCUT2D eigenvalue weighted by Crippen LogP contribution is 2.32. The number of aromatic nitrogens is 1. The molecule has 7 nitrogen and oxygen atoms in total. The Kier molecular flexibility index (Phi) is 4.06. The summed E-state index contributed by atoms with van der Waals surface area (Å²) in [5.41, 5.74) is 7.72. The fourth-order valence-corrected chi connectivity index (χ4v) is 2.65. The number of nitro groups is 1. The standard InChI is InChI=1S/C18H15N3O4/c1-10-8-15-14(9-13(10)18(19)22)17(5-6-20-15)25-12-3-4-16(21(23)24)11(2)7-12/h3-9H,1-2H3,(H2,19,22). The molecule has 126 valence electrons. The fourth-order valence-electron chi connectivity index (χ4n) is 2.65. The summed E-state index contributed by atoms with van der Waals surface area (Å²) in [5.74, 6) is 0.415. The minimum absolute atomic E-state index is 0.0265. The molecule has 1 amide bonds. The van der Waals surface area contributed by atoms with Crippen molar-refractivity contribution in [2.45, 2.75) is 13.8 Å². The van der Waals surface area contributed by atoms with Gasteiger partial charge in [-0.15, -0.1) is 0 Å².